The third-order valence-electron chi connectivity index (χ3n) is 9.02. The topological polar surface area (TPSA) is 200 Å². The van der Waals surface area contributed by atoms with Gasteiger partial charge in [-0.05, 0) is 63.0 Å². The molecule has 2 aromatic heterocycles. The first-order valence-electron chi connectivity index (χ1n) is 18.2. The summed E-state index contributed by atoms with van der Waals surface area (Å²) in [6.07, 6.45) is 19.6. The molecular formula is C40H47N7O7S. The number of likely N-dealkylation sites (tertiary alicyclic amines) is 1. The molecule has 1 aliphatic heterocycles. The summed E-state index contributed by atoms with van der Waals surface area (Å²) < 4.78 is 26.7. The van der Waals surface area contributed by atoms with Gasteiger partial charge >= 0.3 is 0 Å². The Morgan fingerprint density at radius 3 is 2.33 bits per heavy atom. The van der Waals surface area contributed by atoms with Crippen LogP contribution in [0.1, 0.15) is 74.5 Å². The molecule has 55 heavy (non-hydrogen) atoms. The van der Waals surface area contributed by atoms with Crippen LogP contribution in [0.25, 0.3) is 21.7 Å². The number of hydrogen-bond acceptors (Lipinski definition) is 9. The number of H-pyrrole nitrogens is 1. The van der Waals surface area contributed by atoms with Gasteiger partial charge in [0, 0.05) is 29.0 Å². The molecule has 290 valence electrons. The van der Waals surface area contributed by atoms with Gasteiger partial charge in [0.15, 0.2) is 0 Å². The van der Waals surface area contributed by atoms with Gasteiger partial charge in [-0.3, -0.25) is 33.7 Å². The van der Waals surface area contributed by atoms with Crippen molar-refractivity contribution in [3.8, 4) is 12.8 Å². The molecule has 4 aromatic rings. The van der Waals surface area contributed by atoms with E-state index in [9.17, 15) is 32.4 Å². The van der Waals surface area contributed by atoms with E-state index in [0.717, 1.165) is 40.9 Å². The number of terminal acetylenes is 1. The van der Waals surface area contributed by atoms with E-state index in [-0.39, 0.29) is 17.8 Å². The van der Waals surface area contributed by atoms with Gasteiger partial charge in [0.1, 0.15) is 17.8 Å². The van der Waals surface area contributed by atoms with Gasteiger partial charge in [0.05, 0.1) is 23.7 Å². The van der Waals surface area contributed by atoms with Crippen LogP contribution in [0.4, 0.5) is 0 Å². The Morgan fingerprint density at radius 2 is 1.65 bits per heavy atom. The van der Waals surface area contributed by atoms with Gasteiger partial charge in [-0.1, -0.05) is 68.3 Å². The molecule has 0 spiro atoms. The second-order valence-electron chi connectivity index (χ2n) is 13.1. The highest BCUT2D eigenvalue weighted by Crippen LogP contribution is 2.27. The summed E-state index contributed by atoms with van der Waals surface area (Å²) in [5, 5.41) is 7.37. The molecule has 0 radical (unpaired) electrons. The van der Waals surface area contributed by atoms with Gasteiger partial charge in [0.25, 0.3) is 17.4 Å². The van der Waals surface area contributed by atoms with E-state index in [2.05, 4.69) is 50.1 Å². The number of para-hydroxylation sites is 1. The van der Waals surface area contributed by atoms with Crippen molar-refractivity contribution in [2.45, 2.75) is 82.5 Å². The molecular weight excluding hydrogens is 723 g/mol. The molecule has 0 unspecified atom stereocenters. The zero-order valence-electron chi connectivity index (χ0n) is 31.0. The normalized spacial score (nSPS) is 15.6. The predicted octanol–water partition coefficient (Wildman–Crippen LogP) is 3.67. The molecule has 0 bridgehead atoms. The number of carbonyl (C=O) groups excluding carboxylic acids is 4. The average Bonchev–Trinajstić information content (AvgIpc) is 3.95. The molecule has 2 aliphatic rings. The highest BCUT2D eigenvalue weighted by Gasteiger charge is 2.39. The van der Waals surface area contributed by atoms with E-state index < -0.39 is 51.0 Å². The lowest BCUT2D eigenvalue weighted by Gasteiger charge is -2.25. The molecule has 6 rings (SSSR count). The van der Waals surface area contributed by atoms with Gasteiger partial charge in [-0.25, -0.2) is 13.4 Å². The largest absolute Gasteiger partial charge is 0.342 e. The second-order valence-corrected chi connectivity index (χ2v) is 15.1. The van der Waals surface area contributed by atoms with Crippen molar-refractivity contribution in [1.29, 1.82) is 0 Å². The minimum atomic E-state index is -3.79. The lowest BCUT2D eigenvalue weighted by atomic mass is 10.1. The monoisotopic (exact) mass is 769 g/mol. The molecule has 2 aromatic carbocycles. The molecule has 15 heteroatoms. The van der Waals surface area contributed by atoms with E-state index in [0.29, 0.717) is 44.3 Å². The summed E-state index contributed by atoms with van der Waals surface area (Å²) in [5.41, 5.74) is 1.59. The first-order valence-corrected chi connectivity index (χ1v) is 19.7. The Kier molecular flexibility index (Phi) is 15.2. The average molecular weight is 770 g/mol. The van der Waals surface area contributed by atoms with E-state index >= 15 is 0 Å². The number of aromatic amines is 1. The Balaban J connectivity index is 0.000000324. The maximum Gasteiger partial charge on any atom is 0.271 e. The summed E-state index contributed by atoms with van der Waals surface area (Å²) in [5.74, 6) is -2.41. The molecule has 2 fully saturated rings. The van der Waals surface area contributed by atoms with Crippen LogP contribution in [0.3, 0.4) is 0 Å². The van der Waals surface area contributed by atoms with E-state index in [4.69, 9.17) is 0 Å². The fraction of sp³-hybridized carbons (Fsp3) is 0.375. The summed E-state index contributed by atoms with van der Waals surface area (Å²) >= 11 is 0. The number of aromatic nitrogens is 3. The molecule has 4 amide bonds. The number of sulfonamides is 1. The number of allylic oxidation sites excluding steroid dienone is 1. The second kappa shape index (κ2) is 20.0. The van der Waals surface area contributed by atoms with Crippen LogP contribution in [0, 0.1) is 19.8 Å². The lowest BCUT2D eigenvalue weighted by Crippen LogP contribution is -2.54. The van der Waals surface area contributed by atoms with Gasteiger partial charge in [-0.2, -0.15) is 0 Å². The van der Waals surface area contributed by atoms with Crippen LogP contribution in [-0.2, 0) is 24.4 Å². The summed E-state index contributed by atoms with van der Waals surface area (Å²) in [6.45, 7) is 3.79. The number of unbranched alkanes of at least 4 members (excludes halogenated alkanes) is 3. The summed E-state index contributed by atoms with van der Waals surface area (Å²) in [4.78, 5) is 75.0. The van der Waals surface area contributed by atoms with Gasteiger partial charge < -0.3 is 20.5 Å². The first kappa shape index (κ1) is 41.9. The Bertz CT molecular complexity index is 2200. The smallest absolute Gasteiger partial charge is 0.271 e. The fourth-order valence-electron chi connectivity index (χ4n) is 5.99. The SMILES string of the molecule is C#C.CCCCC/C=C\[C@@H](NC(=O)[C@@H]1CCCN1C(=O)CNC(=O)c1cnc(C)cn1)C(=O)NS(=O)(=O)C1CC1.O=c1[nH]c2ccccc2c2ccccc12. The number of carbonyl (C=O) groups is 4. The molecule has 4 N–H and O–H groups in total. The van der Waals surface area contributed by atoms with E-state index in [1.54, 1.807) is 13.0 Å². The lowest BCUT2D eigenvalue weighted by molar-refractivity contribution is -0.138. The number of fused-ring (bicyclic) bond motifs is 3. The molecule has 1 saturated heterocycles. The predicted molar refractivity (Wildman–Crippen MR) is 211 cm³/mol. The van der Waals surface area contributed by atoms with Crippen LogP contribution in [-0.4, -0.2) is 82.3 Å². The number of pyridine rings is 1. The fourth-order valence-corrected chi connectivity index (χ4v) is 7.32. The molecule has 1 aliphatic carbocycles. The van der Waals surface area contributed by atoms with Crippen molar-refractivity contribution < 1.29 is 27.6 Å². The quantitative estimate of drug-likeness (QED) is 0.0678. The third-order valence-corrected chi connectivity index (χ3v) is 10.9. The van der Waals surface area contributed by atoms with Crippen molar-refractivity contribution in [2.75, 3.05) is 13.1 Å². The van der Waals surface area contributed by atoms with Crippen molar-refractivity contribution >= 4 is 55.3 Å². The van der Waals surface area contributed by atoms with Crippen molar-refractivity contribution in [2.24, 2.45) is 0 Å². The van der Waals surface area contributed by atoms with Crippen LogP contribution in [0.5, 0.6) is 0 Å². The molecule has 2 atom stereocenters. The maximum absolute atomic E-state index is 13.1. The number of benzene rings is 2. The van der Waals surface area contributed by atoms with Crippen LogP contribution < -0.4 is 20.9 Å². The standard InChI is InChI=1S/C25H36N6O6S.C13H9NO.C2H2/c1-3-4-5-6-7-9-19(24(34)30-38(36,37)18-11-12-18)29-25(35)21-10-8-13-31(21)22(32)16-28-23(33)20-15-26-17(2)14-27-20;15-13-11-7-2-1-5-9(11)10-6-3-4-8-12(10)14-13;1-2/h7,9,14-15,18-19,21H,3-6,8,10-13,16H2,1-2H3,(H,28,33)(H,29,35)(H,30,34);1-8H,(H,14,15);1-2H/b9-7-;;/t19-,21+;;/m1../s1. The number of hydrogen-bond donors (Lipinski definition) is 4. The van der Waals surface area contributed by atoms with E-state index in [1.807, 2.05) is 48.5 Å². The third kappa shape index (κ3) is 11.6. The van der Waals surface area contributed by atoms with Crippen molar-refractivity contribution in [1.82, 2.24) is 35.2 Å². The number of nitrogens with one attached hydrogen (secondary N) is 4. The van der Waals surface area contributed by atoms with Crippen LogP contribution in [0.15, 0.2) is 77.9 Å². The highest BCUT2D eigenvalue weighted by molar-refractivity contribution is 7.90. The van der Waals surface area contributed by atoms with Crippen LogP contribution in [0.2, 0.25) is 0 Å². The molecule has 3 heterocycles. The maximum atomic E-state index is 13.1. The number of amides is 4. The van der Waals surface area contributed by atoms with Crippen LogP contribution >= 0.6 is 0 Å². The van der Waals surface area contributed by atoms with Crippen molar-refractivity contribution in [3.05, 3.63) is 94.8 Å². The Hall–Kier alpha value is -5.88. The number of nitrogens with zero attached hydrogens (tertiary/aromatic N) is 3. The highest BCUT2D eigenvalue weighted by atomic mass is 32.2. The number of aryl methyl sites for hydroxylation is 1. The summed E-state index contributed by atoms with van der Waals surface area (Å²) in [7, 11) is -3.79. The zero-order chi connectivity index (χ0) is 40.0. The number of rotatable bonds is 13. The van der Waals surface area contributed by atoms with Gasteiger partial charge in [-0.15, -0.1) is 12.8 Å². The first-order chi connectivity index (χ1) is 26.5. The minimum Gasteiger partial charge on any atom is -0.342 e. The Morgan fingerprint density at radius 1 is 0.964 bits per heavy atom. The summed E-state index contributed by atoms with van der Waals surface area (Å²) in [6, 6.07) is 13.5. The molecule has 14 nitrogen and oxygen atoms in total. The van der Waals surface area contributed by atoms with Crippen molar-refractivity contribution in [3.63, 3.8) is 0 Å². The Labute approximate surface area is 320 Å². The molecule has 1 saturated carbocycles. The van der Waals surface area contributed by atoms with E-state index in [1.165, 1.54) is 23.4 Å². The van der Waals surface area contributed by atoms with Gasteiger partial charge in [0.2, 0.25) is 21.8 Å². The minimum absolute atomic E-state index is 0.0238. The zero-order valence-corrected chi connectivity index (χ0v) is 31.8.